The van der Waals surface area contributed by atoms with Gasteiger partial charge in [0.25, 0.3) is 0 Å². The Kier molecular flexibility index (Phi) is 2.38. The first kappa shape index (κ1) is 10.4. The zero-order valence-corrected chi connectivity index (χ0v) is 9.45. The Morgan fingerprint density at radius 3 is 3.00 bits per heavy atom. The van der Waals surface area contributed by atoms with Crippen LogP contribution in [0.4, 0.5) is 4.39 Å². The van der Waals surface area contributed by atoms with Gasteiger partial charge in [-0.1, -0.05) is 4.49 Å². The second-order valence-electron chi connectivity index (χ2n) is 3.64. The van der Waals surface area contributed by atoms with E-state index in [1.807, 2.05) is 0 Å². The van der Waals surface area contributed by atoms with Crippen LogP contribution in [-0.4, -0.2) is 9.59 Å². The van der Waals surface area contributed by atoms with Crippen LogP contribution < -0.4 is 5.73 Å². The number of halogens is 1. The third kappa shape index (κ3) is 1.81. The highest BCUT2D eigenvalue weighted by atomic mass is 32.1. The first-order valence-electron chi connectivity index (χ1n) is 4.95. The van der Waals surface area contributed by atoms with Crippen LogP contribution in [0.1, 0.15) is 17.5 Å². The Morgan fingerprint density at radius 1 is 1.35 bits per heavy atom. The third-order valence-corrected chi connectivity index (χ3v) is 3.02. The Bertz CT molecular complexity index is 650. The van der Waals surface area contributed by atoms with Crippen LogP contribution in [0.3, 0.4) is 0 Å². The maximum atomic E-state index is 13.0. The number of hydrogen-bond acceptors (Lipinski definition) is 5. The van der Waals surface area contributed by atoms with Gasteiger partial charge in [0.1, 0.15) is 23.2 Å². The summed E-state index contributed by atoms with van der Waals surface area (Å²) in [6.45, 7) is 0. The average molecular weight is 249 g/mol. The Balaban J connectivity index is 2.06. The van der Waals surface area contributed by atoms with E-state index in [4.69, 9.17) is 10.2 Å². The van der Waals surface area contributed by atoms with Crippen molar-refractivity contribution in [2.24, 2.45) is 5.73 Å². The number of furan rings is 1. The number of benzene rings is 1. The molecule has 3 aromatic rings. The van der Waals surface area contributed by atoms with Gasteiger partial charge in [0.15, 0.2) is 0 Å². The van der Waals surface area contributed by atoms with Crippen molar-refractivity contribution in [2.75, 3.05) is 0 Å². The minimum atomic E-state index is -0.468. The number of rotatable bonds is 2. The minimum absolute atomic E-state index is 0.297. The molecular formula is C11H8FN3OS. The van der Waals surface area contributed by atoms with Crippen LogP contribution in [0.5, 0.6) is 0 Å². The molecular weight excluding hydrogens is 241 g/mol. The molecule has 4 nitrogen and oxygen atoms in total. The summed E-state index contributed by atoms with van der Waals surface area (Å²) in [5, 5.41) is 6.35. The lowest BCUT2D eigenvalue weighted by Gasteiger charge is -2.02. The Labute approximate surface area is 100 Å². The van der Waals surface area contributed by atoms with Gasteiger partial charge in [-0.15, -0.1) is 5.10 Å². The molecule has 0 bridgehead atoms. The number of hydrogen-bond donors (Lipinski definition) is 1. The summed E-state index contributed by atoms with van der Waals surface area (Å²) in [7, 11) is 0. The van der Waals surface area contributed by atoms with Gasteiger partial charge in [0.05, 0.1) is 5.69 Å². The van der Waals surface area contributed by atoms with Gasteiger partial charge in [-0.2, -0.15) is 0 Å². The number of nitrogens with zero attached hydrogens (tertiary/aromatic N) is 2. The van der Waals surface area contributed by atoms with Gasteiger partial charge in [-0.25, -0.2) is 4.39 Å². The van der Waals surface area contributed by atoms with E-state index >= 15 is 0 Å². The molecule has 0 aliphatic carbocycles. The second kappa shape index (κ2) is 3.90. The average Bonchev–Trinajstić information content (AvgIpc) is 2.96. The Hall–Kier alpha value is -1.79. The predicted molar refractivity (Wildman–Crippen MR) is 62.1 cm³/mol. The molecule has 0 amide bonds. The van der Waals surface area contributed by atoms with Crippen LogP contribution in [0.25, 0.3) is 11.0 Å². The van der Waals surface area contributed by atoms with E-state index in [0.717, 1.165) is 0 Å². The molecule has 0 saturated carbocycles. The fourth-order valence-corrected chi connectivity index (χ4v) is 2.13. The lowest BCUT2D eigenvalue weighted by atomic mass is 10.1. The second-order valence-corrected chi connectivity index (χ2v) is 4.25. The number of fused-ring (bicyclic) bond motifs is 1. The molecule has 2 N–H and O–H groups in total. The third-order valence-electron chi connectivity index (χ3n) is 2.50. The summed E-state index contributed by atoms with van der Waals surface area (Å²) in [6.07, 6.45) is 0. The Morgan fingerprint density at radius 2 is 2.24 bits per heavy atom. The molecule has 6 heteroatoms. The van der Waals surface area contributed by atoms with Crippen molar-refractivity contribution in [3.8, 4) is 0 Å². The van der Waals surface area contributed by atoms with E-state index in [2.05, 4.69) is 9.59 Å². The fraction of sp³-hybridized carbons (Fsp3) is 0.0909. The molecule has 0 aliphatic heterocycles. The molecule has 2 heterocycles. The highest BCUT2D eigenvalue weighted by Crippen LogP contribution is 2.26. The predicted octanol–water partition coefficient (Wildman–Crippen LogP) is 2.47. The molecule has 0 fully saturated rings. The topological polar surface area (TPSA) is 64.9 Å². The molecule has 1 unspecified atom stereocenters. The van der Waals surface area contributed by atoms with Gasteiger partial charge >= 0.3 is 0 Å². The largest absolute Gasteiger partial charge is 0.459 e. The van der Waals surface area contributed by atoms with Gasteiger partial charge in [-0.3, -0.25) is 0 Å². The SMILES string of the molecule is NC(c1csnn1)c1cc2cc(F)ccc2o1. The van der Waals surface area contributed by atoms with E-state index in [0.29, 0.717) is 22.4 Å². The summed E-state index contributed by atoms with van der Waals surface area (Å²) in [5.74, 6) is 0.257. The molecule has 0 aliphatic rings. The molecule has 1 atom stereocenters. The monoisotopic (exact) mass is 249 g/mol. The summed E-state index contributed by atoms with van der Waals surface area (Å²) >= 11 is 1.23. The van der Waals surface area contributed by atoms with E-state index in [1.165, 1.54) is 23.7 Å². The summed E-state index contributed by atoms with van der Waals surface area (Å²) in [4.78, 5) is 0. The highest BCUT2D eigenvalue weighted by molar-refractivity contribution is 7.03. The van der Waals surface area contributed by atoms with Crippen LogP contribution in [0.2, 0.25) is 0 Å². The molecule has 1 aromatic carbocycles. The number of aromatic nitrogens is 2. The maximum absolute atomic E-state index is 13.0. The molecule has 0 spiro atoms. The van der Waals surface area contributed by atoms with Crippen LogP contribution in [-0.2, 0) is 0 Å². The van der Waals surface area contributed by atoms with Gasteiger partial charge in [0.2, 0.25) is 0 Å². The quantitative estimate of drug-likeness (QED) is 0.757. The summed E-state index contributed by atoms with van der Waals surface area (Å²) in [5.41, 5.74) is 7.24. The van der Waals surface area contributed by atoms with Crippen molar-refractivity contribution in [1.82, 2.24) is 9.59 Å². The lowest BCUT2D eigenvalue weighted by molar-refractivity contribution is 0.520. The first-order chi connectivity index (χ1) is 8.24. The zero-order chi connectivity index (χ0) is 11.8. The van der Waals surface area contributed by atoms with E-state index < -0.39 is 6.04 Å². The van der Waals surface area contributed by atoms with Crippen LogP contribution >= 0.6 is 11.5 Å². The van der Waals surface area contributed by atoms with Crippen molar-refractivity contribution < 1.29 is 8.81 Å². The normalized spacial score (nSPS) is 13.1. The molecule has 0 radical (unpaired) electrons. The first-order valence-corrected chi connectivity index (χ1v) is 5.79. The van der Waals surface area contributed by atoms with Gasteiger partial charge in [-0.05, 0) is 35.8 Å². The summed E-state index contributed by atoms with van der Waals surface area (Å²) in [6, 6.07) is 5.60. The van der Waals surface area contributed by atoms with Gasteiger partial charge < -0.3 is 10.2 Å². The van der Waals surface area contributed by atoms with E-state index in [9.17, 15) is 4.39 Å². The fourth-order valence-electron chi connectivity index (χ4n) is 1.64. The van der Waals surface area contributed by atoms with Crippen molar-refractivity contribution >= 4 is 22.5 Å². The molecule has 2 aromatic heterocycles. The van der Waals surface area contributed by atoms with Crippen molar-refractivity contribution in [3.63, 3.8) is 0 Å². The van der Waals surface area contributed by atoms with E-state index in [-0.39, 0.29) is 5.82 Å². The van der Waals surface area contributed by atoms with Crippen LogP contribution in [0, 0.1) is 5.82 Å². The minimum Gasteiger partial charge on any atom is -0.459 e. The zero-order valence-electron chi connectivity index (χ0n) is 8.63. The summed E-state index contributed by atoms with van der Waals surface area (Å²) < 4.78 is 22.3. The van der Waals surface area contributed by atoms with Crippen molar-refractivity contribution in [1.29, 1.82) is 0 Å². The smallest absolute Gasteiger partial charge is 0.134 e. The highest BCUT2D eigenvalue weighted by Gasteiger charge is 2.16. The van der Waals surface area contributed by atoms with E-state index in [1.54, 1.807) is 17.5 Å². The van der Waals surface area contributed by atoms with Crippen LogP contribution in [0.15, 0.2) is 34.1 Å². The molecule has 17 heavy (non-hydrogen) atoms. The van der Waals surface area contributed by atoms with Crippen molar-refractivity contribution in [3.05, 3.63) is 46.9 Å². The van der Waals surface area contributed by atoms with Crippen molar-refractivity contribution in [2.45, 2.75) is 6.04 Å². The molecule has 3 rings (SSSR count). The van der Waals surface area contributed by atoms with Gasteiger partial charge in [0, 0.05) is 10.8 Å². The molecule has 86 valence electrons. The number of nitrogens with two attached hydrogens (primary N) is 1. The maximum Gasteiger partial charge on any atom is 0.134 e. The standard InChI is InChI=1S/C11H8FN3OS/c12-7-1-2-9-6(3-7)4-10(16-9)11(13)8-5-17-15-14-8/h1-5,11H,13H2. The molecule has 0 saturated heterocycles. The lowest BCUT2D eigenvalue weighted by Crippen LogP contribution is -2.11.